The SMILES string of the molecule is Cc1ccc(Cl)c(OCC(C)CS(=O)(=O)Cl)c1. The van der Waals surface area contributed by atoms with E-state index in [2.05, 4.69) is 0 Å². The van der Waals surface area contributed by atoms with E-state index in [4.69, 9.17) is 27.0 Å². The molecule has 0 saturated heterocycles. The molecule has 0 saturated carbocycles. The first-order chi connectivity index (χ1) is 7.78. The average molecular weight is 297 g/mol. The Labute approximate surface area is 111 Å². The van der Waals surface area contributed by atoms with Gasteiger partial charge in [-0.25, -0.2) is 8.42 Å². The highest BCUT2D eigenvalue weighted by Gasteiger charge is 2.14. The van der Waals surface area contributed by atoms with Crippen molar-refractivity contribution in [2.75, 3.05) is 12.4 Å². The molecule has 6 heteroatoms. The molecule has 1 aromatic carbocycles. The lowest BCUT2D eigenvalue weighted by Crippen LogP contribution is -2.16. The second-order valence-corrected chi connectivity index (χ2v) is 7.28. The summed E-state index contributed by atoms with van der Waals surface area (Å²) in [5, 5.41) is 0.511. The number of rotatable bonds is 5. The predicted octanol–water partition coefficient (Wildman–Crippen LogP) is 3.23. The zero-order valence-corrected chi connectivity index (χ0v) is 11.9. The third kappa shape index (κ3) is 5.61. The van der Waals surface area contributed by atoms with E-state index < -0.39 is 9.05 Å². The summed E-state index contributed by atoms with van der Waals surface area (Å²) in [5.41, 5.74) is 1.03. The van der Waals surface area contributed by atoms with Gasteiger partial charge in [0.2, 0.25) is 9.05 Å². The molecule has 0 aliphatic heterocycles. The van der Waals surface area contributed by atoms with Crippen molar-refractivity contribution in [3.05, 3.63) is 28.8 Å². The minimum Gasteiger partial charge on any atom is -0.492 e. The van der Waals surface area contributed by atoms with E-state index in [0.717, 1.165) is 5.56 Å². The Morgan fingerprint density at radius 1 is 1.41 bits per heavy atom. The first-order valence-corrected chi connectivity index (χ1v) is 7.95. The number of ether oxygens (including phenoxy) is 1. The quantitative estimate of drug-likeness (QED) is 0.784. The van der Waals surface area contributed by atoms with Crippen molar-refractivity contribution in [1.29, 1.82) is 0 Å². The summed E-state index contributed by atoms with van der Waals surface area (Å²) in [4.78, 5) is 0. The Balaban J connectivity index is 2.58. The molecular weight excluding hydrogens is 283 g/mol. The first-order valence-electron chi connectivity index (χ1n) is 5.09. The maximum Gasteiger partial charge on any atom is 0.232 e. The molecule has 1 aromatic rings. The molecule has 0 amide bonds. The van der Waals surface area contributed by atoms with E-state index in [-0.39, 0.29) is 18.3 Å². The highest BCUT2D eigenvalue weighted by Crippen LogP contribution is 2.25. The van der Waals surface area contributed by atoms with E-state index in [9.17, 15) is 8.42 Å². The van der Waals surface area contributed by atoms with Crippen LogP contribution in [0.25, 0.3) is 0 Å². The van der Waals surface area contributed by atoms with Crippen LogP contribution in [0.1, 0.15) is 12.5 Å². The van der Waals surface area contributed by atoms with E-state index >= 15 is 0 Å². The van der Waals surface area contributed by atoms with Crippen molar-refractivity contribution in [3.63, 3.8) is 0 Å². The van der Waals surface area contributed by atoms with Crippen molar-refractivity contribution in [1.82, 2.24) is 0 Å². The molecule has 3 nitrogen and oxygen atoms in total. The molecule has 0 heterocycles. The summed E-state index contributed by atoms with van der Waals surface area (Å²) >= 11 is 5.94. The molecule has 0 N–H and O–H groups in total. The lowest BCUT2D eigenvalue weighted by atomic mass is 10.2. The number of hydrogen-bond donors (Lipinski definition) is 0. The van der Waals surface area contributed by atoms with Gasteiger partial charge in [0.05, 0.1) is 17.4 Å². The van der Waals surface area contributed by atoms with Crippen molar-refractivity contribution in [3.8, 4) is 5.75 Å². The van der Waals surface area contributed by atoms with E-state index in [1.807, 2.05) is 19.1 Å². The molecule has 0 aliphatic rings. The van der Waals surface area contributed by atoms with Crippen molar-refractivity contribution >= 4 is 31.3 Å². The van der Waals surface area contributed by atoms with Crippen molar-refractivity contribution < 1.29 is 13.2 Å². The van der Waals surface area contributed by atoms with Crippen LogP contribution in [0, 0.1) is 12.8 Å². The van der Waals surface area contributed by atoms with E-state index in [0.29, 0.717) is 10.8 Å². The molecule has 0 spiro atoms. The van der Waals surface area contributed by atoms with Gasteiger partial charge in [0.25, 0.3) is 0 Å². The lowest BCUT2D eigenvalue weighted by Gasteiger charge is -2.13. The second-order valence-electron chi connectivity index (χ2n) is 4.06. The minimum absolute atomic E-state index is 0.113. The minimum atomic E-state index is -3.49. The Hall–Kier alpha value is -0.450. The predicted molar refractivity (Wildman–Crippen MR) is 70.5 cm³/mol. The van der Waals surface area contributed by atoms with Crippen LogP contribution in [0.4, 0.5) is 0 Å². The Morgan fingerprint density at radius 2 is 2.06 bits per heavy atom. The van der Waals surface area contributed by atoms with Gasteiger partial charge in [-0.2, -0.15) is 0 Å². The Kier molecular flexibility index (Phi) is 5.10. The summed E-state index contributed by atoms with van der Waals surface area (Å²) in [6.07, 6.45) is 0. The highest BCUT2D eigenvalue weighted by atomic mass is 35.7. The standard InChI is InChI=1S/C11H14Cl2O3S/c1-8-3-4-10(12)11(5-8)16-6-9(2)7-17(13,14)15/h3-5,9H,6-7H2,1-2H3. The third-order valence-corrected chi connectivity index (χ3v) is 3.75. The average Bonchev–Trinajstić information content (AvgIpc) is 2.17. The largest absolute Gasteiger partial charge is 0.492 e. The lowest BCUT2D eigenvalue weighted by molar-refractivity contribution is 0.272. The van der Waals surface area contributed by atoms with Gasteiger partial charge in [-0.15, -0.1) is 0 Å². The maximum absolute atomic E-state index is 10.9. The van der Waals surface area contributed by atoms with Gasteiger partial charge >= 0.3 is 0 Å². The van der Waals surface area contributed by atoms with Crippen LogP contribution < -0.4 is 4.74 Å². The zero-order valence-electron chi connectivity index (χ0n) is 9.61. The molecule has 0 bridgehead atoms. The molecule has 0 aliphatic carbocycles. The van der Waals surface area contributed by atoms with Crippen molar-refractivity contribution in [2.24, 2.45) is 5.92 Å². The summed E-state index contributed by atoms with van der Waals surface area (Å²) in [6, 6.07) is 5.43. The highest BCUT2D eigenvalue weighted by molar-refractivity contribution is 8.13. The summed E-state index contributed by atoms with van der Waals surface area (Å²) < 4.78 is 27.2. The van der Waals surface area contributed by atoms with Gasteiger partial charge < -0.3 is 4.74 Å². The summed E-state index contributed by atoms with van der Waals surface area (Å²) in [5.74, 6) is 0.261. The topological polar surface area (TPSA) is 43.4 Å². The number of aryl methyl sites for hydroxylation is 1. The van der Waals surface area contributed by atoms with Gasteiger partial charge in [0, 0.05) is 16.6 Å². The van der Waals surface area contributed by atoms with Crippen LogP contribution in [-0.4, -0.2) is 20.8 Å². The molecule has 1 rings (SSSR count). The van der Waals surface area contributed by atoms with Crippen LogP contribution in [-0.2, 0) is 9.05 Å². The van der Waals surface area contributed by atoms with Gasteiger partial charge in [-0.05, 0) is 24.6 Å². The molecule has 1 atom stereocenters. The smallest absolute Gasteiger partial charge is 0.232 e. The van der Waals surface area contributed by atoms with Gasteiger partial charge in [-0.3, -0.25) is 0 Å². The Morgan fingerprint density at radius 3 is 2.65 bits per heavy atom. The van der Waals surface area contributed by atoms with Crippen LogP contribution in [0.3, 0.4) is 0 Å². The van der Waals surface area contributed by atoms with E-state index in [1.165, 1.54) is 0 Å². The number of benzene rings is 1. The van der Waals surface area contributed by atoms with Crippen LogP contribution in [0.5, 0.6) is 5.75 Å². The second kappa shape index (κ2) is 5.94. The summed E-state index contributed by atoms with van der Waals surface area (Å²) in [6.45, 7) is 3.94. The monoisotopic (exact) mass is 296 g/mol. The molecule has 17 heavy (non-hydrogen) atoms. The van der Waals surface area contributed by atoms with E-state index in [1.54, 1.807) is 13.0 Å². The molecule has 0 fully saturated rings. The van der Waals surface area contributed by atoms with Crippen LogP contribution in [0.2, 0.25) is 5.02 Å². The fourth-order valence-electron chi connectivity index (χ4n) is 1.34. The molecule has 0 aromatic heterocycles. The van der Waals surface area contributed by atoms with Gasteiger partial charge in [0.15, 0.2) is 0 Å². The fraction of sp³-hybridized carbons (Fsp3) is 0.455. The Bertz CT molecular complexity index is 485. The number of halogens is 2. The summed E-state index contributed by atoms with van der Waals surface area (Å²) in [7, 11) is 1.67. The fourth-order valence-corrected chi connectivity index (χ4v) is 2.93. The normalized spacial score (nSPS) is 13.4. The van der Waals surface area contributed by atoms with Gasteiger partial charge in [0.1, 0.15) is 5.75 Å². The molecule has 1 unspecified atom stereocenters. The first kappa shape index (κ1) is 14.6. The third-order valence-electron chi connectivity index (χ3n) is 2.09. The van der Waals surface area contributed by atoms with Crippen LogP contribution in [0.15, 0.2) is 18.2 Å². The molecule has 0 radical (unpaired) electrons. The van der Waals surface area contributed by atoms with Gasteiger partial charge in [-0.1, -0.05) is 24.6 Å². The number of hydrogen-bond acceptors (Lipinski definition) is 3. The van der Waals surface area contributed by atoms with Crippen molar-refractivity contribution in [2.45, 2.75) is 13.8 Å². The molecular formula is C11H14Cl2O3S. The molecule has 96 valence electrons. The maximum atomic E-state index is 10.9. The zero-order chi connectivity index (χ0) is 13.1. The van der Waals surface area contributed by atoms with Crippen LogP contribution >= 0.6 is 22.3 Å².